The molecule has 1 heterocycles. The van der Waals surface area contributed by atoms with Gasteiger partial charge in [0.1, 0.15) is 11.1 Å². The Balaban J connectivity index is 2.70. The quantitative estimate of drug-likeness (QED) is 0.532. The molecule has 0 saturated heterocycles. The number of methoxy groups -OCH3 is 1. The van der Waals surface area contributed by atoms with E-state index in [0.717, 1.165) is 6.42 Å². The van der Waals surface area contributed by atoms with Gasteiger partial charge in [0, 0.05) is 24.5 Å². The Morgan fingerprint density at radius 3 is 2.54 bits per heavy atom. The topological polar surface area (TPSA) is 76.7 Å². The van der Waals surface area contributed by atoms with E-state index in [4.69, 9.17) is 9.47 Å². The fraction of sp³-hybridized carbons (Fsp3) is 0.789. The van der Waals surface area contributed by atoms with E-state index in [-0.39, 0.29) is 29.4 Å². The molecule has 6 nitrogen and oxygen atoms in total. The van der Waals surface area contributed by atoms with Crippen LogP contribution in [0.1, 0.15) is 53.9 Å². The van der Waals surface area contributed by atoms with Crippen molar-refractivity contribution in [3.8, 4) is 0 Å². The molecule has 0 fully saturated rings. The maximum atomic E-state index is 12.3. The summed E-state index contributed by atoms with van der Waals surface area (Å²) in [4.78, 5) is 24.0. The number of ether oxygens (including phenoxy) is 2. The summed E-state index contributed by atoms with van der Waals surface area (Å²) in [5, 5.41) is 8.05. The van der Waals surface area contributed by atoms with Crippen molar-refractivity contribution in [3.63, 3.8) is 0 Å². The molecular formula is C19H34N2O4S. The Kier molecular flexibility index (Phi) is 10.1. The molecule has 0 aliphatic carbocycles. The van der Waals surface area contributed by atoms with E-state index in [2.05, 4.69) is 38.3 Å². The van der Waals surface area contributed by atoms with Gasteiger partial charge in [-0.1, -0.05) is 34.1 Å². The first-order valence-corrected chi connectivity index (χ1v) is 10.4. The maximum Gasteiger partial charge on any atom is 0.354 e. The summed E-state index contributed by atoms with van der Waals surface area (Å²) < 4.78 is 10.7. The molecule has 0 aromatic heterocycles. The first-order valence-electron chi connectivity index (χ1n) is 9.43. The highest BCUT2D eigenvalue weighted by Crippen LogP contribution is 2.28. The van der Waals surface area contributed by atoms with Gasteiger partial charge >= 0.3 is 5.97 Å². The maximum absolute atomic E-state index is 12.3. The van der Waals surface area contributed by atoms with Gasteiger partial charge in [0.25, 0.3) is 0 Å². The van der Waals surface area contributed by atoms with Gasteiger partial charge in [-0.3, -0.25) is 4.79 Å². The molecule has 4 atom stereocenters. The molecule has 26 heavy (non-hydrogen) atoms. The Hall–Kier alpha value is -1.21. The average Bonchev–Trinajstić information content (AvgIpc) is 3.09. The Bertz CT molecular complexity index is 496. The molecule has 0 bridgehead atoms. The van der Waals surface area contributed by atoms with Gasteiger partial charge in [0.2, 0.25) is 5.91 Å². The summed E-state index contributed by atoms with van der Waals surface area (Å²) in [7, 11) is 1.37. The number of amides is 1. The van der Waals surface area contributed by atoms with Gasteiger partial charge < -0.3 is 20.1 Å². The average molecular weight is 387 g/mol. The third-order valence-electron chi connectivity index (χ3n) is 4.62. The number of esters is 1. The van der Waals surface area contributed by atoms with Gasteiger partial charge in [-0.05, 0) is 25.2 Å². The van der Waals surface area contributed by atoms with Crippen LogP contribution in [-0.2, 0) is 19.1 Å². The predicted molar refractivity (Wildman–Crippen MR) is 105 cm³/mol. The number of thioether (sulfide) groups is 1. The highest BCUT2D eigenvalue weighted by molar-refractivity contribution is 8.03. The zero-order valence-corrected chi connectivity index (χ0v) is 17.7. The van der Waals surface area contributed by atoms with Crippen LogP contribution < -0.4 is 10.6 Å². The van der Waals surface area contributed by atoms with E-state index in [0.29, 0.717) is 37.0 Å². The molecule has 0 radical (unpaired) electrons. The van der Waals surface area contributed by atoms with Crippen LogP contribution in [0.5, 0.6) is 0 Å². The molecule has 0 aromatic carbocycles. The summed E-state index contributed by atoms with van der Waals surface area (Å²) >= 11 is 1.52. The van der Waals surface area contributed by atoms with Gasteiger partial charge in [0.15, 0.2) is 0 Å². The number of hydrogen-bond acceptors (Lipinski definition) is 6. The van der Waals surface area contributed by atoms with E-state index in [1.54, 1.807) is 5.41 Å². The van der Waals surface area contributed by atoms with Gasteiger partial charge in [-0.15, -0.1) is 11.8 Å². The van der Waals surface area contributed by atoms with E-state index in [1.807, 2.05) is 6.92 Å². The second-order valence-electron chi connectivity index (χ2n) is 7.09. The number of rotatable bonds is 11. The summed E-state index contributed by atoms with van der Waals surface area (Å²) in [5.41, 5.74) is 0.453. The molecule has 1 amide bonds. The molecule has 7 heteroatoms. The monoisotopic (exact) mass is 386 g/mol. The largest absolute Gasteiger partial charge is 0.464 e. The molecular weight excluding hydrogens is 352 g/mol. The third-order valence-corrected chi connectivity index (χ3v) is 5.71. The lowest BCUT2D eigenvalue weighted by molar-refractivity contribution is -0.136. The molecule has 3 unspecified atom stereocenters. The van der Waals surface area contributed by atoms with Crippen molar-refractivity contribution >= 4 is 23.6 Å². The van der Waals surface area contributed by atoms with E-state index in [9.17, 15) is 9.59 Å². The van der Waals surface area contributed by atoms with E-state index in [1.165, 1.54) is 18.9 Å². The van der Waals surface area contributed by atoms with Crippen LogP contribution in [0.4, 0.5) is 0 Å². The number of carbonyl (C=O) groups is 2. The van der Waals surface area contributed by atoms with E-state index >= 15 is 0 Å². The lowest BCUT2D eigenvalue weighted by atomic mass is 9.96. The van der Waals surface area contributed by atoms with Crippen LogP contribution in [0.2, 0.25) is 0 Å². The van der Waals surface area contributed by atoms with Crippen molar-refractivity contribution in [1.82, 2.24) is 10.6 Å². The van der Waals surface area contributed by atoms with Crippen LogP contribution >= 0.6 is 11.8 Å². The van der Waals surface area contributed by atoms with Crippen LogP contribution in [-0.4, -0.2) is 43.1 Å². The summed E-state index contributed by atoms with van der Waals surface area (Å²) in [6.45, 7) is 10.9. The normalized spacial score (nSPS) is 20.1. The minimum absolute atomic E-state index is 0.0210. The van der Waals surface area contributed by atoms with Crippen molar-refractivity contribution < 1.29 is 19.1 Å². The highest BCUT2D eigenvalue weighted by atomic mass is 32.2. The van der Waals surface area contributed by atoms with Crippen LogP contribution in [0.25, 0.3) is 0 Å². The first-order chi connectivity index (χ1) is 12.3. The van der Waals surface area contributed by atoms with Crippen LogP contribution in [0.3, 0.4) is 0 Å². The number of carbonyl (C=O) groups excluding carboxylic acids is 2. The smallest absolute Gasteiger partial charge is 0.354 e. The Morgan fingerprint density at radius 2 is 2.00 bits per heavy atom. The van der Waals surface area contributed by atoms with Crippen molar-refractivity contribution in [3.05, 3.63) is 11.1 Å². The van der Waals surface area contributed by atoms with Crippen molar-refractivity contribution in [2.45, 2.75) is 71.4 Å². The highest BCUT2D eigenvalue weighted by Gasteiger charge is 2.32. The van der Waals surface area contributed by atoms with Crippen molar-refractivity contribution in [2.75, 3.05) is 13.7 Å². The minimum Gasteiger partial charge on any atom is -0.464 e. The molecule has 0 aromatic rings. The fourth-order valence-electron chi connectivity index (χ4n) is 2.73. The minimum atomic E-state index is -0.377. The molecule has 1 aliphatic rings. The molecule has 0 spiro atoms. The number of hydrogen-bond donors (Lipinski definition) is 2. The molecule has 0 saturated carbocycles. The van der Waals surface area contributed by atoms with Crippen molar-refractivity contribution in [1.29, 1.82) is 0 Å². The lowest BCUT2D eigenvalue weighted by Gasteiger charge is -2.30. The predicted octanol–water partition coefficient (Wildman–Crippen LogP) is 3.04. The Labute approximate surface area is 161 Å². The molecule has 1 rings (SSSR count). The molecule has 2 N–H and O–H groups in total. The summed E-state index contributed by atoms with van der Waals surface area (Å²) in [6, 6.07) is 0.0210. The lowest BCUT2D eigenvalue weighted by Crippen LogP contribution is -2.46. The van der Waals surface area contributed by atoms with Crippen molar-refractivity contribution in [2.24, 2.45) is 11.8 Å². The zero-order chi connectivity index (χ0) is 19.7. The summed E-state index contributed by atoms with van der Waals surface area (Å²) in [6.07, 6.45) is 2.10. The van der Waals surface area contributed by atoms with E-state index < -0.39 is 0 Å². The molecule has 150 valence electrons. The standard InChI is InChI=1S/C19H34N2O4S/c1-7-13(5)9-17(22)20-14(12(3)4)10-16(25-8-2)18-21-15(11-26-18)19(23)24-6/h11-14,16,18,21H,7-10H2,1-6H3,(H,20,22)/t13-,14?,16?,18?/m0/s1. The third kappa shape index (κ3) is 7.19. The second kappa shape index (κ2) is 11.5. The van der Waals surface area contributed by atoms with Gasteiger partial charge in [0.05, 0.1) is 13.2 Å². The second-order valence-corrected chi connectivity index (χ2v) is 8.10. The fourth-order valence-corrected chi connectivity index (χ4v) is 3.73. The summed E-state index contributed by atoms with van der Waals surface area (Å²) in [5.74, 6) is 0.383. The number of nitrogens with one attached hydrogen (secondary N) is 2. The SMILES string of the molecule is CCOC(CC(NC(=O)C[C@@H](C)CC)C(C)C)C1NC(C(=O)OC)=CS1. The Morgan fingerprint density at radius 1 is 1.31 bits per heavy atom. The molecule has 1 aliphatic heterocycles. The first kappa shape index (κ1) is 22.8. The van der Waals surface area contributed by atoms with Gasteiger partial charge in [-0.2, -0.15) is 0 Å². The zero-order valence-electron chi connectivity index (χ0n) is 16.8. The van der Waals surface area contributed by atoms with Crippen LogP contribution in [0.15, 0.2) is 11.1 Å². The van der Waals surface area contributed by atoms with Gasteiger partial charge in [-0.25, -0.2) is 4.79 Å². The van der Waals surface area contributed by atoms with Crippen LogP contribution in [0, 0.1) is 11.8 Å².